The number of amides is 1. The number of fused-ring (bicyclic) bond motifs is 1. The van der Waals surface area contributed by atoms with Crippen molar-refractivity contribution in [3.05, 3.63) is 81.8 Å². The number of aromatic nitrogens is 1. The highest BCUT2D eigenvalue weighted by atomic mass is 32.2. The van der Waals surface area contributed by atoms with Gasteiger partial charge < -0.3 is 4.90 Å². The summed E-state index contributed by atoms with van der Waals surface area (Å²) >= 11 is 1.26. The first-order chi connectivity index (χ1) is 13.5. The lowest BCUT2D eigenvalue weighted by molar-refractivity contribution is 0.0688. The second-order valence-corrected chi connectivity index (χ2v) is 7.48. The van der Waals surface area contributed by atoms with E-state index in [1.807, 2.05) is 50.2 Å². The van der Waals surface area contributed by atoms with E-state index in [4.69, 9.17) is 0 Å². The van der Waals surface area contributed by atoms with Crippen molar-refractivity contribution in [3.63, 3.8) is 0 Å². The van der Waals surface area contributed by atoms with Crippen molar-refractivity contribution < 1.29 is 4.79 Å². The molecule has 1 amide bonds. The van der Waals surface area contributed by atoms with E-state index in [1.54, 1.807) is 35.6 Å². The van der Waals surface area contributed by atoms with Crippen LogP contribution >= 0.6 is 11.8 Å². The molecule has 0 saturated heterocycles. The number of hydrogen-bond donors (Lipinski definition) is 0. The highest BCUT2D eigenvalue weighted by Gasteiger charge is 2.27. The van der Waals surface area contributed by atoms with Crippen LogP contribution in [-0.4, -0.2) is 27.5 Å². The van der Waals surface area contributed by atoms with Crippen molar-refractivity contribution in [3.8, 4) is 6.07 Å². The van der Waals surface area contributed by atoms with Gasteiger partial charge in [-0.2, -0.15) is 5.26 Å². The number of nitrogens with zero attached hydrogens (tertiary/aromatic N) is 3. The van der Waals surface area contributed by atoms with Crippen LogP contribution in [-0.2, 0) is 6.54 Å². The quantitative estimate of drug-likeness (QED) is 0.618. The topological polar surface area (TPSA) is 65.6 Å². The number of rotatable bonds is 5. The Kier molecular flexibility index (Phi) is 5.86. The van der Waals surface area contributed by atoms with Crippen LogP contribution in [0.25, 0.3) is 5.52 Å². The summed E-state index contributed by atoms with van der Waals surface area (Å²) in [6.07, 6.45) is 3.37. The van der Waals surface area contributed by atoms with E-state index in [1.165, 1.54) is 16.2 Å². The predicted octanol–water partition coefficient (Wildman–Crippen LogP) is 3.94. The molecule has 0 spiro atoms. The minimum Gasteiger partial charge on any atom is -0.332 e. The number of carbonyl (C=O) groups is 1. The lowest BCUT2D eigenvalue weighted by atomic mass is 10.1. The highest BCUT2D eigenvalue weighted by molar-refractivity contribution is 7.98. The van der Waals surface area contributed by atoms with Gasteiger partial charge in [0.2, 0.25) is 0 Å². The summed E-state index contributed by atoms with van der Waals surface area (Å²) in [4.78, 5) is 28.6. The third kappa shape index (κ3) is 3.54. The Morgan fingerprint density at radius 3 is 2.46 bits per heavy atom. The average Bonchev–Trinajstić information content (AvgIpc) is 2.72. The molecule has 0 unspecified atom stereocenters. The highest BCUT2D eigenvalue weighted by Crippen LogP contribution is 2.28. The van der Waals surface area contributed by atoms with Gasteiger partial charge in [0.15, 0.2) is 0 Å². The molecule has 0 aliphatic carbocycles. The Hall–Kier alpha value is -3.04. The Morgan fingerprint density at radius 1 is 1.18 bits per heavy atom. The van der Waals surface area contributed by atoms with Crippen LogP contribution in [0.3, 0.4) is 0 Å². The van der Waals surface area contributed by atoms with Crippen molar-refractivity contribution in [2.75, 3.05) is 6.26 Å². The molecule has 0 bridgehead atoms. The molecule has 142 valence electrons. The van der Waals surface area contributed by atoms with Gasteiger partial charge in [-0.25, -0.2) is 0 Å². The van der Waals surface area contributed by atoms with E-state index in [2.05, 4.69) is 0 Å². The van der Waals surface area contributed by atoms with Gasteiger partial charge in [0.1, 0.15) is 11.6 Å². The molecule has 0 N–H and O–H groups in total. The fraction of sp³-hybridized carbons (Fsp3) is 0.227. The number of thioether (sulfide) groups is 1. The van der Waals surface area contributed by atoms with Crippen LogP contribution < -0.4 is 5.56 Å². The fourth-order valence-corrected chi connectivity index (χ4v) is 3.94. The summed E-state index contributed by atoms with van der Waals surface area (Å²) in [5.41, 5.74) is 1.53. The number of nitriles is 1. The Labute approximate surface area is 168 Å². The molecule has 0 radical (unpaired) electrons. The van der Waals surface area contributed by atoms with E-state index in [0.717, 1.165) is 5.56 Å². The molecule has 0 aliphatic heterocycles. The zero-order valence-electron chi connectivity index (χ0n) is 16.0. The summed E-state index contributed by atoms with van der Waals surface area (Å²) in [7, 11) is 0. The van der Waals surface area contributed by atoms with Crippen LogP contribution in [0.1, 0.15) is 35.3 Å². The number of hydrogen-bond acceptors (Lipinski definition) is 4. The third-order valence-electron chi connectivity index (χ3n) is 4.61. The molecule has 0 aliphatic rings. The molecule has 3 aromatic rings. The summed E-state index contributed by atoms with van der Waals surface area (Å²) in [5, 5.41) is 9.58. The minimum atomic E-state index is -0.404. The fourth-order valence-electron chi connectivity index (χ4n) is 3.20. The zero-order chi connectivity index (χ0) is 20.3. The van der Waals surface area contributed by atoms with E-state index in [0.29, 0.717) is 22.5 Å². The van der Waals surface area contributed by atoms with Gasteiger partial charge in [0.25, 0.3) is 11.5 Å². The van der Waals surface area contributed by atoms with Crippen molar-refractivity contribution in [1.82, 2.24) is 9.30 Å². The van der Waals surface area contributed by atoms with Gasteiger partial charge in [0.05, 0.1) is 11.1 Å². The maximum atomic E-state index is 13.7. The van der Waals surface area contributed by atoms with Crippen LogP contribution in [0.4, 0.5) is 0 Å². The monoisotopic (exact) mass is 391 g/mol. The van der Waals surface area contributed by atoms with Crippen LogP contribution in [0.2, 0.25) is 0 Å². The first kappa shape index (κ1) is 19.7. The van der Waals surface area contributed by atoms with E-state index < -0.39 is 5.56 Å². The summed E-state index contributed by atoms with van der Waals surface area (Å²) in [6, 6.07) is 17.0. The lowest BCUT2D eigenvalue weighted by Gasteiger charge is -2.28. The van der Waals surface area contributed by atoms with Crippen molar-refractivity contribution in [2.45, 2.75) is 31.3 Å². The smallest absolute Gasteiger partial charge is 0.274 e. The molecule has 2 heterocycles. The maximum Gasteiger partial charge on any atom is 0.274 e. The molecule has 28 heavy (non-hydrogen) atoms. The molecule has 0 atom stereocenters. The Morgan fingerprint density at radius 2 is 1.86 bits per heavy atom. The minimum absolute atomic E-state index is 0.00275. The van der Waals surface area contributed by atoms with Crippen LogP contribution in [0, 0.1) is 11.3 Å². The van der Waals surface area contributed by atoms with Gasteiger partial charge in [-0.3, -0.25) is 14.0 Å². The average molecular weight is 391 g/mol. The van der Waals surface area contributed by atoms with Gasteiger partial charge in [-0.1, -0.05) is 36.4 Å². The normalized spacial score (nSPS) is 10.8. The molecule has 0 saturated carbocycles. The Bertz CT molecular complexity index is 1110. The predicted molar refractivity (Wildman–Crippen MR) is 112 cm³/mol. The standard InChI is InChI=1S/C22H21N3O2S/c1-15(2)25(14-16-9-5-4-6-10-16)22(27)19-18-11-7-8-12-24(18)21(26)17(13-23)20(19)28-3/h4-12,15H,14H2,1-3H3. The first-order valence-electron chi connectivity index (χ1n) is 8.96. The maximum absolute atomic E-state index is 13.7. The molecule has 2 aromatic heterocycles. The van der Waals surface area contributed by atoms with Gasteiger partial charge in [0, 0.05) is 23.7 Å². The molecule has 1 aromatic carbocycles. The van der Waals surface area contributed by atoms with E-state index in [-0.39, 0.29) is 17.5 Å². The van der Waals surface area contributed by atoms with Crippen molar-refractivity contribution in [2.24, 2.45) is 0 Å². The molecule has 0 fully saturated rings. The first-order valence-corrected chi connectivity index (χ1v) is 10.2. The van der Waals surface area contributed by atoms with E-state index in [9.17, 15) is 14.9 Å². The number of benzene rings is 1. The SMILES string of the molecule is CSc1c(C#N)c(=O)n2ccccc2c1C(=O)N(Cc1ccccc1)C(C)C. The second-order valence-electron chi connectivity index (χ2n) is 6.67. The molecule has 6 heteroatoms. The van der Waals surface area contributed by atoms with Crippen LogP contribution in [0.15, 0.2) is 64.4 Å². The summed E-state index contributed by atoms with van der Waals surface area (Å²) in [5.74, 6) is -0.191. The zero-order valence-corrected chi connectivity index (χ0v) is 16.9. The Balaban J connectivity index is 2.23. The lowest BCUT2D eigenvalue weighted by Crippen LogP contribution is -2.37. The van der Waals surface area contributed by atoms with Gasteiger partial charge >= 0.3 is 0 Å². The molecule has 5 nitrogen and oxygen atoms in total. The summed E-state index contributed by atoms with van der Waals surface area (Å²) < 4.78 is 1.38. The van der Waals surface area contributed by atoms with Crippen LogP contribution in [0.5, 0.6) is 0 Å². The van der Waals surface area contributed by atoms with E-state index >= 15 is 0 Å². The summed E-state index contributed by atoms with van der Waals surface area (Å²) in [6.45, 7) is 4.37. The largest absolute Gasteiger partial charge is 0.332 e. The number of carbonyl (C=O) groups excluding carboxylic acids is 1. The third-order valence-corrected chi connectivity index (χ3v) is 5.43. The van der Waals surface area contributed by atoms with Crippen molar-refractivity contribution in [1.29, 1.82) is 5.26 Å². The second kappa shape index (κ2) is 8.32. The van der Waals surface area contributed by atoms with Crippen molar-refractivity contribution >= 4 is 23.2 Å². The van der Waals surface area contributed by atoms with Gasteiger partial charge in [-0.15, -0.1) is 11.8 Å². The number of pyridine rings is 2. The molecule has 3 rings (SSSR count). The molecular weight excluding hydrogens is 370 g/mol. The van der Waals surface area contributed by atoms with Gasteiger partial charge in [-0.05, 0) is 37.8 Å². The molecular formula is C22H21N3O2S.